The number of fused-ring (bicyclic) bond motifs is 1. The number of aromatic nitrogens is 1. The fourth-order valence-electron chi connectivity index (χ4n) is 3.40. The Morgan fingerprint density at radius 3 is 2.74 bits per heavy atom. The third-order valence-corrected chi connectivity index (χ3v) is 4.89. The number of hydrogen-bond acceptors (Lipinski definition) is 4. The largest absolute Gasteiger partial charge is 0.325 e. The van der Waals surface area contributed by atoms with Gasteiger partial charge in [0, 0.05) is 11.6 Å². The Kier molecular flexibility index (Phi) is 3.85. The Morgan fingerprint density at radius 1 is 1.15 bits per heavy atom. The molecule has 0 unspecified atom stereocenters. The van der Waals surface area contributed by atoms with E-state index >= 15 is 0 Å². The maximum absolute atomic E-state index is 13.1. The van der Waals surface area contributed by atoms with Crippen LogP contribution in [0, 0.1) is 11.3 Å². The minimum absolute atomic E-state index is 0.131. The first-order valence-corrected chi connectivity index (χ1v) is 8.50. The highest BCUT2D eigenvalue weighted by Gasteiger charge is 2.49. The lowest BCUT2D eigenvalue weighted by atomic mass is 9.91. The van der Waals surface area contributed by atoms with Crippen molar-refractivity contribution in [1.29, 1.82) is 5.26 Å². The number of nitriles is 1. The summed E-state index contributed by atoms with van der Waals surface area (Å²) in [6, 6.07) is 17.8. The Labute approximate surface area is 156 Å². The smallest absolute Gasteiger partial charge is 0.319 e. The van der Waals surface area contributed by atoms with Crippen LogP contribution in [0.4, 0.5) is 4.79 Å². The third kappa shape index (κ3) is 2.70. The van der Waals surface area contributed by atoms with E-state index in [2.05, 4.69) is 16.4 Å². The summed E-state index contributed by atoms with van der Waals surface area (Å²) in [4.78, 5) is 31.3. The summed E-state index contributed by atoms with van der Waals surface area (Å²) in [6.07, 6.45) is 1.69. The molecular weight excluding hydrogens is 340 g/mol. The van der Waals surface area contributed by atoms with Gasteiger partial charge in [0.25, 0.3) is 5.91 Å². The number of imide groups is 1. The molecule has 0 radical (unpaired) electrons. The maximum Gasteiger partial charge on any atom is 0.325 e. The van der Waals surface area contributed by atoms with Crippen molar-refractivity contribution >= 4 is 22.8 Å². The minimum Gasteiger partial charge on any atom is -0.319 e. The first kappa shape index (κ1) is 16.7. The van der Waals surface area contributed by atoms with E-state index < -0.39 is 11.6 Å². The van der Waals surface area contributed by atoms with Crippen LogP contribution in [0.5, 0.6) is 0 Å². The number of urea groups is 1. The van der Waals surface area contributed by atoms with Crippen LogP contribution in [0.15, 0.2) is 60.8 Å². The van der Waals surface area contributed by atoms with Gasteiger partial charge in [-0.25, -0.2) is 4.79 Å². The Hall–Kier alpha value is -3.72. The number of carbonyl (C=O) groups is 2. The predicted octanol–water partition coefficient (Wildman–Crippen LogP) is 3.07. The van der Waals surface area contributed by atoms with Crippen molar-refractivity contribution in [2.24, 2.45) is 0 Å². The number of amides is 3. The van der Waals surface area contributed by atoms with Crippen LogP contribution in [-0.4, -0.2) is 21.8 Å². The van der Waals surface area contributed by atoms with E-state index in [9.17, 15) is 9.59 Å². The number of hydrogen-bond donors (Lipinski definition) is 1. The van der Waals surface area contributed by atoms with E-state index in [0.717, 1.165) is 16.5 Å². The van der Waals surface area contributed by atoms with Gasteiger partial charge in [-0.15, -0.1) is 0 Å². The van der Waals surface area contributed by atoms with E-state index in [-0.39, 0.29) is 12.5 Å². The molecule has 1 fully saturated rings. The molecule has 0 aliphatic carbocycles. The third-order valence-electron chi connectivity index (χ3n) is 4.89. The average molecular weight is 356 g/mol. The van der Waals surface area contributed by atoms with Crippen molar-refractivity contribution in [2.75, 3.05) is 0 Å². The molecule has 3 amide bonds. The Morgan fingerprint density at radius 2 is 1.93 bits per heavy atom. The molecule has 3 aromatic rings. The molecule has 1 N–H and O–H groups in total. The fourth-order valence-corrected chi connectivity index (χ4v) is 3.40. The lowest BCUT2D eigenvalue weighted by Crippen LogP contribution is -2.40. The van der Waals surface area contributed by atoms with Gasteiger partial charge in [-0.1, -0.05) is 36.4 Å². The van der Waals surface area contributed by atoms with Gasteiger partial charge in [0.15, 0.2) is 0 Å². The summed E-state index contributed by atoms with van der Waals surface area (Å²) in [5, 5.41) is 12.8. The van der Waals surface area contributed by atoms with Gasteiger partial charge in [0.05, 0.1) is 23.7 Å². The highest BCUT2D eigenvalue weighted by Crippen LogP contribution is 2.31. The monoisotopic (exact) mass is 356 g/mol. The molecule has 132 valence electrons. The van der Waals surface area contributed by atoms with Gasteiger partial charge < -0.3 is 5.32 Å². The van der Waals surface area contributed by atoms with Gasteiger partial charge in [-0.05, 0) is 36.2 Å². The number of benzene rings is 2. The number of rotatable bonds is 3. The highest BCUT2D eigenvalue weighted by molar-refractivity contribution is 6.07. The second-order valence-corrected chi connectivity index (χ2v) is 6.63. The summed E-state index contributed by atoms with van der Waals surface area (Å²) in [5.74, 6) is -0.351. The molecule has 2 heterocycles. The number of nitrogens with zero attached hydrogens (tertiary/aromatic N) is 3. The van der Waals surface area contributed by atoms with Gasteiger partial charge in [-0.3, -0.25) is 14.7 Å². The van der Waals surface area contributed by atoms with Crippen LogP contribution < -0.4 is 5.32 Å². The van der Waals surface area contributed by atoms with Gasteiger partial charge in [-0.2, -0.15) is 5.26 Å². The molecule has 0 spiro atoms. The first-order chi connectivity index (χ1) is 13.0. The molecule has 4 rings (SSSR count). The van der Waals surface area contributed by atoms with E-state index in [1.54, 1.807) is 37.4 Å². The van der Waals surface area contributed by atoms with E-state index in [4.69, 9.17) is 5.26 Å². The SMILES string of the molecule is C[C@@]1(c2cccc(C#N)c2)NC(=O)N(Cc2cccc3cccnc23)C1=O. The first-order valence-electron chi connectivity index (χ1n) is 8.50. The molecule has 1 aromatic heterocycles. The van der Waals surface area contributed by atoms with Crippen molar-refractivity contribution in [3.8, 4) is 6.07 Å². The second kappa shape index (κ2) is 6.22. The van der Waals surface area contributed by atoms with Crippen LogP contribution in [-0.2, 0) is 16.9 Å². The number of carbonyl (C=O) groups excluding carboxylic acids is 2. The van der Waals surface area contributed by atoms with Crippen LogP contribution in [0.2, 0.25) is 0 Å². The topological polar surface area (TPSA) is 86.1 Å². The standard InChI is InChI=1S/C21H16N4O2/c1-21(17-9-2-5-14(11-17)12-22)19(26)25(20(27)24-21)13-16-7-3-6-15-8-4-10-23-18(15)16/h2-11H,13H2,1H3,(H,24,27)/t21-/m0/s1. The summed E-state index contributed by atoms with van der Waals surface area (Å²) < 4.78 is 0. The average Bonchev–Trinajstić information content (AvgIpc) is 2.92. The molecule has 27 heavy (non-hydrogen) atoms. The lowest BCUT2D eigenvalue weighted by Gasteiger charge is -2.22. The van der Waals surface area contributed by atoms with Crippen LogP contribution in [0.1, 0.15) is 23.6 Å². The van der Waals surface area contributed by atoms with Gasteiger partial charge in [0.2, 0.25) is 0 Å². The van der Waals surface area contributed by atoms with Crippen molar-refractivity contribution in [3.05, 3.63) is 77.5 Å². The normalized spacial score (nSPS) is 19.2. The van der Waals surface area contributed by atoms with E-state index in [1.165, 1.54) is 4.90 Å². The molecule has 2 aromatic carbocycles. The second-order valence-electron chi connectivity index (χ2n) is 6.63. The number of pyridine rings is 1. The van der Waals surface area contributed by atoms with Gasteiger partial charge in [0.1, 0.15) is 5.54 Å². The van der Waals surface area contributed by atoms with Crippen molar-refractivity contribution < 1.29 is 9.59 Å². The van der Waals surface area contributed by atoms with Crippen LogP contribution >= 0.6 is 0 Å². The molecule has 1 atom stereocenters. The van der Waals surface area contributed by atoms with E-state index in [0.29, 0.717) is 11.1 Å². The summed E-state index contributed by atoms with van der Waals surface area (Å²) in [5.41, 5.74) is 1.38. The maximum atomic E-state index is 13.1. The van der Waals surface area contributed by atoms with Gasteiger partial charge >= 0.3 is 6.03 Å². The predicted molar refractivity (Wildman–Crippen MR) is 99.3 cm³/mol. The number of para-hydroxylation sites is 1. The zero-order chi connectivity index (χ0) is 19.0. The van der Waals surface area contributed by atoms with Crippen molar-refractivity contribution in [1.82, 2.24) is 15.2 Å². The summed E-state index contributed by atoms with van der Waals surface area (Å²) in [6.45, 7) is 1.79. The minimum atomic E-state index is -1.21. The lowest BCUT2D eigenvalue weighted by molar-refractivity contribution is -0.131. The quantitative estimate of drug-likeness (QED) is 0.731. The summed E-state index contributed by atoms with van der Waals surface area (Å²) >= 11 is 0. The zero-order valence-electron chi connectivity index (χ0n) is 14.6. The van der Waals surface area contributed by atoms with E-state index in [1.807, 2.05) is 30.3 Å². The molecule has 1 aliphatic rings. The molecule has 0 saturated carbocycles. The zero-order valence-corrected chi connectivity index (χ0v) is 14.6. The van der Waals surface area contributed by atoms with Crippen molar-refractivity contribution in [2.45, 2.75) is 19.0 Å². The molecule has 1 aliphatic heterocycles. The van der Waals surface area contributed by atoms with Crippen molar-refractivity contribution in [3.63, 3.8) is 0 Å². The number of nitrogens with one attached hydrogen (secondary N) is 1. The summed E-state index contributed by atoms with van der Waals surface area (Å²) in [7, 11) is 0. The Bertz CT molecular complexity index is 1110. The highest BCUT2D eigenvalue weighted by atomic mass is 16.2. The Balaban J connectivity index is 1.70. The molecule has 6 heteroatoms. The van der Waals surface area contributed by atoms with Crippen LogP contribution in [0.25, 0.3) is 10.9 Å². The molecule has 1 saturated heterocycles. The molecular formula is C21H16N4O2. The molecule has 0 bridgehead atoms. The molecule has 6 nitrogen and oxygen atoms in total. The van der Waals surface area contributed by atoms with Crippen LogP contribution in [0.3, 0.4) is 0 Å². The fraction of sp³-hybridized carbons (Fsp3) is 0.143.